The van der Waals surface area contributed by atoms with E-state index in [4.69, 9.17) is 9.15 Å². The lowest BCUT2D eigenvalue weighted by atomic mass is 10.1. The van der Waals surface area contributed by atoms with Crippen LogP contribution < -0.4 is 10.1 Å². The molecule has 7 heteroatoms. The molecule has 0 spiro atoms. The Bertz CT molecular complexity index is 860. The van der Waals surface area contributed by atoms with Crippen molar-refractivity contribution in [3.8, 4) is 5.75 Å². The van der Waals surface area contributed by atoms with E-state index in [1.165, 1.54) is 4.90 Å². The van der Waals surface area contributed by atoms with Gasteiger partial charge in [0.1, 0.15) is 5.75 Å². The van der Waals surface area contributed by atoms with Crippen LogP contribution in [-0.2, 0) is 17.6 Å². The summed E-state index contributed by atoms with van der Waals surface area (Å²) < 4.78 is 10.6. The highest BCUT2D eigenvalue weighted by Gasteiger charge is 2.11. The van der Waals surface area contributed by atoms with Gasteiger partial charge in [-0.15, -0.1) is 16.9 Å². The third-order valence-corrected chi connectivity index (χ3v) is 4.49. The monoisotopic (exact) mass is 369 g/mol. The van der Waals surface area contributed by atoms with Gasteiger partial charge in [0.05, 0.1) is 20.0 Å². The van der Waals surface area contributed by atoms with Crippen LogP contribution in [0.2, 0.25) is 0 Å². The number of hydrogen-bond donors (Lipinski definition) is 1. The molecule has 2 aromatic carbocycles. The van der Waals surface area contributed by atoms with Gasteiger partial charge >= 0.3 is 6.01 Å². The number of thioether (sulfide) groups is 1. The average molecular weight is 369 g/mol. The Kier molecular flexibility index (Phi) is 5.91. The molecule has 134 valence electrons. The van der Waals surface area contributed by atoms with E-state index in [-0.39, 0.29) is 18.3 Å². The van der Waals surface area contributed by atoms with Crippen molar-refractivity contribution in [2.45, 2.75) is 17.7 Å². The lowest BCUT2D eigenvalue weighted by Crippen LogP contribution is -2.14. The van der Waals surface area contributed by atoms with E-state index in [2.05, 4.69) is 15.5 Å². The van der Waals surface area contributed by atoms with E-state index in [0.717, 1.165) is 16.9 Å². The van der Waals surface area contributed by atoms with Gasteiger partial charge in [0.15, 0.2) is 0 Å². The molecule has 1 aromatic heterocycles. The second kappa shape index (κ2) is 8.53. The summed E-state index contributed by atoms with van der Waals surface area (Å²) in [6, 6.07) is 15.6. The number of ether oxygens (including phenoxy) is 1. The minimum Gasteiger partial charge on any atom is -0.497 e. The topological polar surface area (TPSA) is 77.2 Å². The number of benzene rings is 2. The first-order valence-corrected chi connectivity index (χ1v) is 9.27. The summed E-state index contributed by atoms with van der Waals surface area (Å²) in [5, 5.41) is 10.5. The molecule has 0 saturated carbocycles. The standard InChI is InChI=1S/C19H19N3O3S/c1-24-15-7-3-13(4-8-15)11-17(23)20-19-22-21-18(25-19)12-14-5-9-16(26-2)10-6-14/h3-10H,11-12H2,1-2H3,(H,20,22,23). The van der Waals surface area contributed by atoms with Crippen LogP contribution in [0, 0.1) is 0 Å². The minimum absolute atomic E-state index is 0.110. The maximum atomic E-state index is 12.1. The number of rotatable bonds is 7. The Morgan fingerprint density at radius 1 is 1.08 bits per heavy atom. The Balaban J connectivity index is 1.55. The predicted molar refractivity (Wildman–Crippen MR) is 101 cm³/mol. The average Bonchev–Trinajstić information content (AvgIpc) is 3.09. The van der Waals surface area contributed by atoms with E-state index >= 15 is 0 Å². The molecule has 3 aromatic rings. The number of anilines is 1. The highest BCUT2D eigenvalue weighted by atomic mass is 32.2. The molecule has 1 amide bonds. The Labute approximate surface area is 156 Å². The predicted octanol–water partition coefficient (Wildman–Crippen LogP) is 3.57. The number of carbonyl (C=O) groups is 1. The molecule has 6 nitrogen and oxygen atoms in total. The molecule has 0 saturated heterocycles. The second-order valence-corrected chi connectivity index (χ2v) is 6.48. The zero-order chi connectivity index (χ0) is 18.4. The summed E-state index contributed by atoms with van der Waals surface area (Å²) in [5.74, 6) is 0.998. The number of aromatic nitrogens is 2. The highest BCUT2D eigenvalue weighted by Crippen LogP contribution is 2.17. The molecule has 0 radical (unpaired) electrons. The zero-order valence-corrected chi connectivity index (χ0v) is 15.4. The van der Waals surface area contributed by atoms with E-state index in [0.29, 0.717) is 12.3 Å². The molecular formula is C19H19N3O3S. The molecule has 3 rings (SSSR count). The van der Waals surface area contributed by atoms with Crippen LogP contribution >= 0.6 is 11.8 Å². The van der Waals surface area contributed by atoms with Gasteiger partial charge in [-0.2, -0.15) is 0 Å². The van der Waals surface area contributed by atoms with Gasteiger partial charge in [0.2, 0.25) is 11.8 Å². The fourth-order valence-electron chi connectivity index (χ4n) is 2.39. The summed E-state index contributed by atoms with van der Waals surface area (Å²) in [6.07, 6.45) is 2.78. The maximum absolute atomic E-state index is 12.1. The van der Waals surface area contributed by atoms with Crippen molar-refractivity contribution in [2.75, 3.05) is 18.7 Å². The lowest BCUT2D eigenvalue weighted by molar-refractivity contribution is -0.115. The second-order valence-electron chi connectivity index (χ2n) is 5.60. The number of nitrogens with zero attached hydrogens (tertiary/aromatic N) is 2. The largest absolute Gasteiger partial charge is 0.497 e. The summed E-state index contributed by atoms with van der Waals surface area (Å²) in [7, 11) is 1.60. The van der Waals surface area contributed by atoms with Crippen LogP contribution in [0.25, 0.3) is 0 Å². The van der Waals surface area contributed by atoms with Crippen LogP contribution in [0.4, 0.5) is 6.01 Å². The number of hydrogen-bond acceptors (Lipinski definition) is 6. The van der Waals surface area contributed by atoms with Gasteiger partial charge in [0, 0.05) is 4.90 Å². The van der Waals surface area contributed by atoms with Crippen molar-refractivity contribution in [3.63, 3.8) is 0 Å². The quantitative estimate of drug-likeness (QED) is 0.642. The third-order valence-electron chi connectivity index (χ3n) is 3.75. The van der Waals surface area contributed by atoms with Crippen molar-refractivity contribution in [1.82, 2.24) is 10.2 Å². The fourth-order valence-corrected chi connectivity index (χ4v) is 2.79. The third kappa shape index (κ3) is 4.86. The molecule has 0 aliphatic rings. The van der Waals surface area contributed by atoms with Crippen molar-refractivity contribution >= 4 is 23.7 Å². The molecule has 0 unspecified atom stereocenters. The Morgan fingerprint density at radius 3 is 2.42 bits per heavy atom. The molecule has 0 fully saturated rings. The van der Waals surface area contributed by atoms with Gasteiger partial charge in [0.25, 0.3) is 0 Å². The summed E-state index contributed by atoms with van der Waals surface area (Å²) in [5.41, 5.74) is 1.94. The SMILES string of the molecule is COc1ccc(CC(=O)Nc2nnc(Cc3ccc(SC)cc3)o2)cc1. The Morgan fingerprint density at radius 2 is 1.77 bits per heavy atom. The molecule has 0 aliphatic heterocycles. The van der Waals surface area contributed by atoms with Gasteiger partial charge in [-0.3, -0.25) is 10.1 Å². The molecular weight excluding hydrogens is 350 g/mol. The first kappa shape index (κ1) is 18.0. The number of carbonyl (C=O) groups excluding carboxylic acids is 1. The van der Waals surface area contributed by atoms with Crippen molar-refractivity contribution in [3.05, 3.63) is 65.5 Å². The molecule has 26 heavy (non-hydrogen) atoms. The van der Waals surface area contributed by atoms with E-state index in [9.17, 15) is 4.79 Å². The maximum Gasteiger partial charge on any atom is 0.322 e. The first-order valence-electron chi connectivity index (χ1n) is 8.04. The molecule has 0 bridgehead atoms. The van der Waals surface area contributed by atoms with Crippen molar-refractivity contribution in [1.29, 1.82) is 0 Å². The van der Waals surface area contributed by atoms with Gasteiger partial charge in [-0.05, 0) is 41.6 Å². The van der Waals surface area contributed by atoms with E-state index in [1.54, 1.807) is 18.9 Å². The summed E-state index contributed by atoms with van der Waals surface area (Å²) in [4.78, 5) is 13.3. The molecule has 1 N–H and O–H groups in total. The van der Waals surface area contributed by atoms with Crippen LogP contribution in [-0.4, -0.2) is 29.5 Å². The molecule has 1 heterocycles. The van der Waals surface area contributed by atoms with Crippen LogP contribution in [0.3, 0.4) is 0 Å². The fraction of sp³-hybridized carbons (Fsp3) is 0.211. The summed E-state index contributed by atoms with van der Waals surface area (Å²) >= 11 is 1.69. The Hall–Kier alpha value is -2.80. The number of methoxy groups -OCH3 is 1. The van der Waals surface area contributed by atoms with Crippen LogP contribution in [0.15, 0.2) is 57.8 Å². The smallest absolute Gasteiger partial charge is 0.322 e. The van der Waals surface area contributed by atoms with E-state index in [1.807, 2.05) is 54.8 Å². The van der Waals surface area contributed by atoms with E-state index < -0.39 is 0 Å². The molecule has 0 aliphatic carbocycles. The van der Waals surface area contributed by atoms with Crippen molar-refractivity contribution < 1.29 is 13.9 Å². The molecule has 0 atom stereocenters. The van der Waals surface area contributed by atoms with Gasteiger partial charge in [-0.1, -0.05) is 29.4 Å². The summed E-state index contributed by atoms with van der Waals surface area (Å²) in [6.45, 7) is 0. The highest BCUT2D eigenvalue weighted by molar-refractivity contribution is 7.98. The zero-order valence-electron chi connectivity index (χ0n) is 14.6. The van der Waals surface area contributed by atoms with Gasteiger partial charge < -0.3 is 9.15 Å². The first-order chi connectivity index (χ1) is 12.7. The number of nitrogens with one attached hydrogen (secondary N) is 1. The van der Waals surface area contributed by atoms with Crippen molar-refractivity contribution in [2.24, 2.45) is 0 Å². The normalized spacial score (nSPS) is 10.5. The lowest BCUT2D eigenvalue weighted by Gasteiger charge is -2.03. The van der Waals surface area contributed by atoms with Crippen LogP contribution in [0.5, 0.6) is 5.75 Å². The van der Waals surface area contributed by atoms with Crippen LogP contribution in [0.1, 0.15) is 17.0 Å². The van der Waals surface area contributed by atoms with Gasteiger partial charge in [-0.25, -0.2) is 0 Å². The number of amides is 1. The minimum atomic E-state index is -0.213.